The molecular formula is C53H101NO5. The molecule has 0 aliphatic heterocycles. The zero-order valence-corrected chi connectivity index (χ0v) is 39.5. The molecule has 0 radical (unpaired) electrons. The zero-order chi connectivity index (χ0) is 43.0. The maximum absolute atomic E-state index is 12.4. The third-order valence-corrected chi connectivity index (χ3v) is 12.0. The molecule has 0 heterocycles. The van der Waals surface area contributed by atoms with Gasteiger partial charge in [-0.3, -0.25) is 9.59 Å². The molecule has 0 fully saturated rings. The Kier molecular flexibility index (Phi) is 47.6. The summed E-state index contributed by atoms with van der Waals surface area (Å²) in [6.45, 7) is 4.90. The Morgan fingerprint density at radius 2 is 0.797 bits per heavy atom. The number of carbonyl (C=O) groups is 2. The molecule has 0 saturated carbocycles. The van der Waals surface area contributed by atoms with Gasteiger partial charge in [0.25, 0.3) is 0 Å². The van der Waals surface area contributed by atoms with Crippen LogP contribution in [0.3, 0.4) is 0 Å². The lowest BCUT2D eigenvalue weighted by molar-refractivity contribution is -0.143. The fourth-order valence-corrected chi connectivity index (χ4v) is 7.92. The Morgan fingerprint density at radius 3 is 1.22 bits per heavy atom. The summed E-state index contributed by atoms with van der Waals surface area (Å²) >= 11 is 0. The molecule has 0 aromatic carbocycles. The van der Waals surface area contributed by atoms with E-state index in [-0.39, 0.29) is 18.5 Å². The van der Waals surface area contributed by atoms with Crippen LogP contribution in [0.25, 0.3) is 0 Å². The van der Waals surface area contributed by atoms with Gasteiger partial charge in [-0.1, -0.05) is 212 Å². The van der Waals surface area contributed by atoms with E-state index in [9.17, 15) is 19.8 Å². The van der Waals surface area contributed by atoms with Gasteiger partial charge in [-0.05, 0) is 77.0 Å². The lowest BCUT2D eigenvalue weighted by atomic mass is 10.0. The number of rotatable bonds is 48. The number of aliphatic hydroxyl groups is 2. The third kappa shape index (κ3) is 45.7. The van der Waals surface area contributed by atoms with E-state index in [0.29, 0.717) is 25.9 Å². The summed E-state index contributed by atoms with van der Waals surface area (Å²) < 4.78 is 5.45. The molecule has 0 bridgehead atoms. The minimum absolute atomic E-state index is 0.00574. The van der Waals surface area contributed by atoms with Crippen molar-refractivity contribution in [3.63, 3.8) is 0 Å². The van der Waals surface area contributed by atoms with E-state index in [1.54, 1.807) is 0 Å². The summed E-state index contributed by atoms with van der Waals surface area (Å²) in [5.74, 6) is -0.0525. The molecule has 1 amide bonds. The Morgan fingerprint density at radius 1 is 0.458 bits per heavy atom. The number of esters is 1. The molecule has 3 N–H and O–H groups in total. The monoisotopic (exact) mass is 832 g/mol. The van der Waals surface area contributed by atoms with Crippen molar-refractivity contribution in [2.75, 3.05) is 13.2 Å². The summed E-state index contributed by atoms with van der Waals surface area (Å²) in [7, 11) is 0. The normalized spacial score (nSPS) is 12.8. The Balaban J connectivity index is 3.43. The Labute approximate surface area is 367 Å². The SMILES string of the molecule is CCCCCC/C=C\CCCCCCCC(=O)OCCCCCCCCCC/C=C\CCCCCCCCCC(=O)NC(CO)C(O)CCCCCCCCCCCC. The molecule has 2 unspecified atom stereocenters. The van der Waals surface area contributed by atoms with Gasteiger partial charge in [-0.2, -0.15) is 0 Å². The van der Waals surface area contributed by atoms with Crippen molar-refractivity contribution >= 4 is 11.9 Å². The van der Waals surface area contributed by atoms with Crippen LogP contribution in [0.15, 0.2) is 24.3 Å². The van der Waals surface area contributed by atoms with E-state index in [2.05, 4.69) is 43.5 Å². The number of nitrogens with one attached hydrogen (secondary N) is 1. The van der Waals surface area contributed by atoms with Crippen LogP contribution in [0.4, 0.5) is 0 Å². The maximum atomic E-state index is 12.4. The first kappa shape index (κ1) is 57.3. The van der Waals surface area contributed by atoms with Gasteiger partial charge in [-0.15, -0.1) is 0 Å². The highest BCUT2D eigenvalue weighted by atomic mass is 16.5. The summed E-state index contributed by atoms with van der Waals surface area (Å²) in [6, 6.07) is -0.546. The summed E-state index contributed by atoms with van der Waals surface area (Å²) in [5.41, 5.74) is 0. The molecule has 0 aromatic rings. The first-order valence-electron chi connectivity index (χ1n) is 26.1. The predicted octanol–water partition coefficient (Wildman–Crippen LogP) is 15.5. The van der Waals surface area contributed by atoms with Crippen LogP contribution >= 0.6 is 0 Å². The number of ether oxygens (including phenoxy) is 1. The van der Waals surface area contributed by atoms with Gasteiger partial charge in [0.05, 0.1) is 25.4 Å². The first-order valence-corrected chi connectivity index (χ1v) is 26.1. The highest BCUT2D eigenvalue weighted by Gasteiger charge is 2.20. The molecule has 0 rings (SSSR count). The van der Waals surface area contributed by atoms with Gasteiger partial charge in [0.2, 0.25) is 5.91 Å². The fraction of sp³-hybridized carbons (Fsp3) is 0.887. The standard InChI is InChI=1S/C53H101NO5/c1-3-5-7-9-11-13-15-23-27-31-35-39-43-47-53(58)59-48-44-40-36-32-28-25-22-20-18-16-17-19-21-24-26-30-34-38-42-46-52(57)54-50(49-55)51(56)45-41-37-33-29-14-12-10-8-6-4-2/h13,15-17,50-51,55-56H,3-12,14,18-49H2,1-2H3,(H,54,57)/b15-13-,17-16-. The Bertz CT molecular complexity index is 920. The summed E-state index contributed by atoms with van der Waals surface area (Å²) in [6.07, 6.45) is 57.3. The van der Waals surface area contributed by atoms with E-state index < -0.39 is 12.1 Å². The molecule has 0 aromatic heterocycles. The molecule has 0 saturated heterocycles. The number of aliphatic hydroxyl groups excluding tert-OH is 2. The molecular weight excluding hydrogens is 731 g/mol. The molecule has 59 heavy (non-hydrogen) atoms. The number of allylic oxidation sites excluding steroid dienone is 4. The van der Waals surface area contributed by atoms with Crippen LogP contribution < -0.4 is 5.32 Å². The fourth-order valence-electron chi connectivity index (χ4n) is 7.92. The number of carbonyl (C=O) groups excluding carboxylic acids is 2. The molecule has 0 spiro atoms. The van der Waals surface area contributed by atoms with E-state index >= 15 is 0 Å². The minimum Gasteiger partial charge on any atom is -0.466 e. The lowest BCUT2D eigenvalue weighted by Gasteiger charge is -2.22. The van der Waals surface area contributed by atoms with E-state index in [0.717, 1.165) is 44.9 Å². The third-order valence-electron chi connectivity index (χ3n) is 12.0. The van der Waals surface area contributed by atoms with E-state index in [4.69, 9.17) is 4.74 Å². The van der Waals surface area contributed by atoms with Gasteiger partial charge in [-0.25, -0.2) is 0 Å². The van der Waals surface area contributed by atoms with Crippen molar-refractivity contribution in [2.45, 2.75) is 289 Å². The number of amides is 1. The number of hydrogen-bond acceptors (Lipinski definition) is 5. The largest absolute Gasteiger partial charge is 0.466 e. The van der Waals surface area contributed by atoms with Crippen molar-refractivity contribution < 1.29 is 24.5 Å². The molecule has 6 heteroatoms. The van der Waals surface area contributed by atoms with Gasteiger partial charge < -0.3 is 20.3 Å². The number of hydrogen-bond donors (Lipinski definition) is 3. The van der Waals surface area contributed by atoms with Gasteiger partial charge >= 0.3 is 5.97 Å². The molecule has 0 aliphatic rings. The van der Waals surface area contributed by atoms with Crippen molar-refractivity contribution in [2.24, 2.45) is 0 Å². The molecule has 6 nitrogen and oxygen atoms in total. The summed E-state index contributed by atoms with van der Waals surface area (Å²) in [4.78, 5) is 24.4. The minimum atomic E-state index is -0.668. The quantitative estimate of drug-likeness (QED) is 0.0322. The van der Waals surface area contributed by atoms with Gasteiger partial charge in [0.15, 0.2) is 0 Å². The van der Waals surface area contributed by atoms with Crippen LogP contribution in [0, 0.1) is 0 Å². The van der Waals surface area contributed by atoms with Gasteiger partial charge in [0, 0.05) is 12.8 Å². The highest BCUT2D eigenvalue weighted by Crippen LogP contribution is 2.16. The number of unbranched alkanes of at least 4 members (excludes halogenated alkanes) is 33. The van der Waals surface area contributed by atoms with Crippen LogP contribution in [0.1, 0.15) is 277 Å². The van der Waals surface area contributed by atoms with Crippen LogP contribution in [0.2, 0.25) is 0 Å². The van der Waals surface area contributed by atoms with Crippen molar-refractivity contribution in [3.05, 3.63) is 24.3 Å². The van der Waals surface area contributed by atoms with E-state index in [1.165, 1.54) is 199 Å². The van der Waals surface area contributed by atoms with Crippen molar-refractivity contribution in [1.29, 1.82) is 0 Å². The average molecular weight is 832 g/mol. The second kappa shape index (κ2) is 49.0. The van der Waals surface area contributed by atoms with Crippen LogP contribution in [-0.4, -0.2) is 47.4 Å². The highest BCUT2D eigenvalue weighted by molar-refractivity contribution is 5.76. The van der Waals surface area contributed by atoms with Crippen molar-refractivity contribution in [3.8, 4) is 0 Å². The van der Waals surface area contributed by atoms with E-state index in [1.807, 2.05) is 0 Å². The summed E-state index contributed by atoms with van der Waals surface area (Å²) in [5, 5.41) is 23.1. The lowest BCUT2D eigenvalue weighted by Crippen LogP contribution is -2.45. The van der Waals surface area contributed by atoms with Crippen molar-refractivity contribution in [1.82, 2.24) is 5.32 Å². The zero-order valence-electron chi connectivity index (χ0n) is 39.5. The van der Waals surface area contributed by atoms with Crippen LogP contribution in [0.5, 0.6) is 0 Å². The Hall–Kier alpha value is -1.66. The molecule has 0 aliphatic carbocycles. The van der Waals surface area contributed by atoms with Gasteiger partial charge in [0.1, 0.15) is 0 Å². The maximum Gasteiger partial charge on any atom is 0.305 e. The second-order valence-electron chi connectivity index (χ2n) is 17.8. The second-order valence-corrected chi connectivity index (χ2v) is 17.8. The first-order chi connectivity index (χ1) is 29.0. The smallest absolute Gasteiger partial charge is 0.305 e. The predicted molar refractivity (Wildman–Crippen MR) is 255 cm³/mol. The average Bonchev–Trinajstić information content (AvgIpc) is 3.24. The topological polar surface area (TPSA) is 95.9 Å². The molecule has 348 valence electrons. The van der Waals surface area contributed by atoms with Crippen LogP contribution in [-0.2, 0) is 14.3 Å². The molecule has 2 atom stereocenters.